The number of allylic oxidation sites excluding steroid dienone is 1. The molecule has 0 saturated carbocycles. The Morgan fingerprint density at radius 1 is 1.29 bits per heavy atom. The van der Waals surface area contributed by atoms with Gasteiger partial charge in [-0.1, -0.05) is 6.07 Å². The van der Waals surface area contributed by atoms with Gasteiger partial charge in [-0.05, 0) is 37.6 Å². The number of ketones is 1. The Morgan fingerprint density at radius 2 is 2.06 bits per heavy atom. The number of hydrogen-bond donors (Lipinski definition) is 1. The molecule has 0 spiro atoms. The number of pyridine rings is 1. The Morgan fingerprint density at radius 3 is 2.74 bits per heavy atom. The van der Waals surface area contributed by atoms with Crippen LogP contribution in [-0.2, 0) is 11.3 Å². The monoisotopic (exact) mass is 423 g/mol. The van der Waals surface area contributed by atoms with Gasteiger partial charge in [0, 0.05) is 45.0 Å². The van der Waals surface area contributed by atoms with Gasteiger partial charge in [0.15, 0.2) is 5.76 Å². The topological polar surface area (TPSA) is 92.2 Å². The Bertz CT molecular complexity index is 1030. The van der Waals surface area contributed by atoms with Crippen molar-refractivity contribution in [3.05, 3.63) is 58.6 Å². The Labute approximate surface area is 180 Å². The van der Waals surface area contributed by atoms with Gasteiger partial charge in [-0.3, -0.25) is 14.7 Å². The highest BCUT2D eigenvalue weighted by Crippen LogP contribution is 2.42. The highest BCUT2D eigenvalue weighted by molar-refractivity contribution is 6.15. The number of phenols is 1. The first kappa shape index (κ1) is 20.9. The van der Waals surface area contributed by atoms with E-state index in [1.54, 1.807) is 49.2 Å². The van der Waals surface area contributed by atoms with Crippen LogP contribution in [0.2, 0.25) is 0 Å². The zero-order valence-corrected chi connectivity index (χ0v) is 17.6. The summed E-state index contributed by atoms with van der Waals surface area (Å²) in [6.07, 6.45) is 2.96. The van der Waals surface area contributed by atoms with Gasteiger partial charge in [-0.15, -0.1) is 0 Å². The first-order chi connectivity index (χ1) is 15.0. The molecular weight excluding hydrogens is 398 g/mol. The molecule has 1 N–H and O–H groups in total. The Balaban J connectivity index is 1.55. The number of rotatable bonds is 4. The van der Waals surface area contributed by atoms with E-state index in [-0.39, 0.29) is 23.4 Å². The predicted molar refractivity (Wildman–Crippen MR) is 114 cm³/mol. The van der Waals surface area contributed by atoms with Crippen molar-refractivity contribution in [3.8, 4) is 11.5 Å². The summed E-state index contributed by atoms with van der Waals surface area (Å²) in [5.74, 6) is 0.468. The zero-order chi connectivity index (χ0) is 22.0. The van der Waals surface area contributed by atoms with E-state index >= 15 is 0 Å². The van der Waals surface area contributed by atoms with Gasteiger partial charge in [-0.2, -0.15) is 0 Å². The number of Topliss-reactive ketones (excluding diaryl/α,β-unsaturated/α-hetero) is 1. The molecule has 1 aromatic heterocycles. The van der Waals surface area contributed by atoms with Crippen molar-refractivity contribution in [1.82, 2.24) is 14.8 Å². The van der Waals surface area contributed by atoms with E-state index in [1.807, 2.05) is 6.07 Å². The van der Waals surface area contributed by atoms with Crippen LogP contribution in [0.5, 0.6) is 11.5 Å². The third-order valence-corrected chi connectivity index (χ3v) is 5.47. The second kappa shape index (κ2) is 8.77. The van der Waals surface area contributed by atoms with Crippen LogP contribution >= 0.6 is 0 Å². The smallest absolute Gasteiger partial charge is 0.409 e. The second-order valence-electron chi connectivity index (χ2n) is 7.55. The predicted octanol–water partition coefficient (Wildman–Crippen LogP) is 2.99. The van der Waals surface area contributed by atoms with Gasteiger partial charge in [0.2, 0.25) is 5.78 Å². The Kier molecular flexibility index (Phi) is 5.90. The number of nitrogens with zero attached hydrogens (tertiary/aromatic N) is 3. The largest absolute Gasteiger partial charge is 0.507 e. The van der Waals surface area contributed by atoms with Crippen LogP contribution in [0.25, 0.3) is 6.08 Å². The Hall–Kier alpha value is -3.39. The molecule has 0 unspecified atom stereocenters. The summed E-state index contributed by atoms with van der Waals surface area (Å²) in [7, 11) is 0. The fourth-order valence-corrected chi connectivity index (χ4v) is 3.86. The van der Waals surface area contributed by atoms with E-state index in [0.29, 0.717) is 67.5 Å². The molecule has 1 amide bonds. The minimum atomic E-state index is -0.306. The summed E-state index contributed by atoms with van der Waals surface area (Å²) < 4.78 is 11.0. The van der Waals surface area contributed by atoms with Crippen molar-refractivity contribution in [1.29, 1.82) is 0 Å². The summed E-state index contributed by atoms with van der Waals surface area (Å²) in [6, 6.07) is 7.04. The summed E-state index contributed by atoms with van der Waals surface area (Å²) in [6.45, 7) is 6.67. The molecule has 3 heterocycles. The van der Waals surface area contributed by atoms with E-state index in [1.165, 1.54) is 0 Å². The number of aromatic nitrogens is 1. The first-order valence-electron chi connectivity index (χ1n) is 10.3. The highest BCUT2D eigenvalue weighted by Gasteiger charge is 2.34. The molecule has 8 nitrogen and oxygen atoms in total. The third kappa shape index (κ3) is 4.25. The average Bonchev–Trinajstić information content (AvgIpc) is 3.09. The van der Waals surface area contributed by atoms with Gasteiger partial charge in [0.1, 0.15) is 11.5 Å². The summed E-state index contributed by atoms with van der Waals surface area (Å²) >= 11 is 0. The molecule has 31 heavy (non-hydrogen) atoms. The van der Waals surface area contributed by atoms with Crippen LogP contribution in [0.4, 0.5) is 4.79 Å². The van der Waals surface area contributed by atoms with Crippen molar-refractivity contribution in [2.45, 2.75) is 20.4 Å². The number of aromatic hydroxyl groups is 1. The number of aryl methyl sites for hydroxylation is 1. The van der Waals surface area contributed by atoms with Gasteiger partial charge >= 0.3 is 6.09 Å². The van der Waals surface area contributed by atoms with Crippen LogP contribution in [0.3, 0.4) is 0 Å². The second-order valence-corrected chi connectivity index (χ2v) is 7.55. The van der Waals surface area contributed by atoms with Crippen LogP contribution in [0, 0.1) is 6.92 Å². The van der Waals surface area contributed by atoms with Crippen molar-refractivity contribution < 1.29 is 24.2 Å². The average molecular weight is 423 g/mol. The number of hydrogen-bond acceptors (Lipinski definition) is 7. The lowest BCUT2D eigenvalue weighted by Gasteiger charge is -2.34. The SMILES string of the molecule is CCOC(=O)N1CCN(Cc2c(O)cc(C)c3c2O/C(=C/c2ccccn2)C3=O)CC1. The highest BCUT2D eigenvalue weighted by atomic mass is 16.6. The number of piperazine rings is 1. The quantitative estimate of drug-likeness (QED) is 0.756. The van der Waals surface area contributed by atoms with Crippen LogP contribution in [-0.4, -0.2) is 64.6 Å². The molecule has 1 saturated heterocycles. The van der Waals surface area contributed by atoms with E-state index in [4.69, 9.17) is 9.47 Å². The third-order valence-electron chi connectivity index (χ3n) is 5.47. The van der Waals surface area contributed by atoms with E-state index in [9.17, 15) is 14.7 Å². The molecule has 1 aromatic carbocycles. The van der Waals surface area contributed by atoms with Gasteiger partial charge in [0.25, 0.3) is 0 Å². The molecule has 2 aliphatic heterocycles. The molecule has 0 atom stereocenters. The number of phenolic OH excluding ortho intramolecular Hbond substituents is 1. The number of fused-ring (bicyclic) bond motifs is 1. The number of benzene rings is 1. The molecular formula is C23H25N3O5. The molecule has 2 aliphatic rings. The van der Waals surface area contributed by atoms with E-state index in [2.05, 4.69) is 9.88 Å². The van der Waals surface area contributed by atoms with Gasteiger partial charge in [0.05, 0.1) is 23.4 Å². The van der Waals surface area contributed by atoms with E-state index in [0.717, 1.165) is 0 Å². The number of amides is 1. The normalized spacial score (nSPS) is 17.5. The van der Waals surface area contributed by atoms with Crippen molar-refractivity contribution in [2.75, 3.05) is 32.8 Å². The maximum atomic E-state index is 13.0. The molecule has 8 heteroatoms. The minimum Gasteiger partial charge on any atom is -0.507 e. The number of ether oxygens (including phenoxy) is 2. The summed E-state index contributed by atoms with van der Waals surface area (Å²) in [4.78, 5) is 32.9. The van der Waals surface area contributed by atoms with Crippen LogP contribution in [0.1, 0.15) is 34.1 Å². The maximum Gasteiger partial charge on any atom is 0.409 e. The summed E-state index contributed by atoms with van der Waals surface area (Å²) in [5, 5.41) is 10.6. The minimum absolute atomic E-state index is 0.0935. The molecule has 0 radical (unpaired) electrons. The lowest BCUT2D eigenvalue weighted by atomic mass is 9.99. The van der Waals surface area contributed by atoms with Gasteiger partial charge in [-0.25, -0.2) is 4.79 Å². The molecule has 0 bridgehead atoms. The van der Waals surface area contributed by atoms with Gasteiger partial charge < -0.3 is 19.5 Å². The van der Waals surface area contributed by atoms with Crippen LogP contribution in [0.15, 0.2) is 36.2 Å². The summed E-state index contributed by atoms with van der Waals surface area (Å²) in [5.41, 5.74) is 2.33. The van der Waals surface area contributed by atoms with Crippen molar-refractivity contribution >= 4 is 18.0 Å². The standard InChI is InChI=1S/C23H25N3O5/c1-3-30-23(29)26-10-8-25(9-11-26)14-17-18(27)12-15(2)20-21(28)19(31-22(17)20)13-16-6-4-5-7-24-16/h4-7,12-13,27H,3,8-11,14H2,1-2H3/b19-13+. The number of carbonyl (C=O) groups excluding carboxylic acids is 2. The fraction of sp³-hybridized carbons (Fsp3) is 0.348. The number of carbonyl (C=O) groups is 2. The zero-order valence-electron chi connectivity index (χ0n) is 17.6. The molecule has 0 aliphatic carbocycles. The molecule has 4 rings (SSSR count). The lowest BCUT2D eigenvalue weighted by Crippen LogP contribution is -2.48. The molecule has 162 valence electrons. The van der Waals surface area contributed by atoms with E-state index < -0.39 is 0 Å². The van der Waals surface area contributed by atoms with Crippen molar-refractivity contribution in [3.63, 3.8) is 0 Å². The first-order valence-corrected chi connectivity index (χ1v) is 10.3. The maximum absolute atomic E-state index is 13.0. The molecule has 2 aromatic rings. The van der Waals surface area contributed by atoms with Crippen LogP contribution < -0.4 is 4.74 Å². The molecule has 1 fully saturated rings. The fourth-order valence-electron chi connectivity index (χ4n) is 3.86. The van der Waals surface area contributed by atoms with Crippen molar-refractivity contribution in [2.24, 2.45) is 0 Å². The lowest BCUT2D eigenvalue weighted by molar-refractivity contribution is 0.0774.